The summed E-state index contributed by atoms with van der Waals surface area (Å²) in [5, 5.41) is 15.9. The van der Waals surface area contributed by atoms with Gasteiger partial charge in [-0.2, -0.15) is 0 Å². The molecule has 2 heterocycles. The Bertz CT molecular complexity index is 976. The number of guanidine groups is 1. The van der Waals surface area contributed by atoms with E-state index in [1.165, 1.54) is 0 Å². The Morgan fingerprint density at radius 2 is 1.97 bits per heavy atom. The summed E-state index contributed by atoms with van der Waals surface area (Å²) in [5.74, 6) is 1.58. The Balaban J connectivity index is 0.00000256. The van der Waals surface area contributed by atoms with Crippen LogP contribution in [0.25, 0.3) is 5.69 Å². The molecule has 0 amide bonds. The molecule has 158 valence electrons. The Morgan fingerprint density at radius 3 is 2.73 bits per heavy atom. The number of para-hydroxylation sites is 1. The molecule has 1 aliphatic heterocycles. The Hall–Kier alpha value is -2.33. The van der Waals surface area contributed by atoms with Gasteiger partial charge in [0, 0.05) is 42.6 Å². The van der Waals surface area contributed by atoms with E-state index in [2.05, 4.69) is 36.8 Å². The molecule has 1 atom stereocenters. The molecule has 0 bridgehead atoms. The summed E-state index contributed by atoms with van der Waals surface area (Å²) < 4.78 is 1.97. The van der Waals surface area contributed by atoms with Gasteiger partial charge in [0.05, 0.1) is 6.54 Å². The number of hydrogen-bond donors (Lipinski definition) is 2. The zero-order valence-corrected chi connectivity index (χ0v) is 19.8. The van der Waals surface area contributed by atoms with E-state index in [9.17, 15) is 0 Å². The van der Waals surface area contributed by atoms with Gasteiger partial charge in [-0.15, -0.1) is 34.2 Å². The largest absolute Gasteiger partial charge is 0.369 e. The van der Waals surface area contributed by atoms with Crippen LogP contribution in [-0.2, 0) is 6.54 Å². The maximum absolute atomic E-state index is 6.13. The molecule has 2 aromatic carbocycles. The van der Waals surface area contributed by atoms with E-state index in [4.69, 9.17) is 11.6 Å². The number of nitrogens with one attached hydrogen (secondary N) is 2. The average Bonchev–Trinajstić information content (AvgIpc) is 3.41. The molecular formula is C21H25ClIN7. The van der Waals surface area contributed by atoms with Gasteiger partial charge in [-0.05, 0) is 36.8 Å². The highest BCUT2D eigenvalue weighted by Gasteiger charge is 2.23. The Morgan fingerprint density at radius 1 is 1.17 bits per heavy atom. The second-order valence-corrected chi connectivity index (χ2v) is 7.37. The second kappa shape index (κ2) is 10.6. The monoisotopic (exact) mass is 537 g/mol. The van der Waals surface area contributed by atoms with Gasteiger partial charge in [0.25, 0.3) is 0 Å². The third-order valence-electron chi connectivity index (χ3n) is 4.99. The van der Waals surface area contributed by atoms with Gasteiger partial charge in [0.1, 0.15) is 6.33 Å². The number of hydrogen-bond acceptors (Lipinski definition) is 4. The van der Waals surface area contributed by atoms with Crippen molar-refractivity contribution in [3.8, 4) is 5.69 Å². The molecule has 1 unspecified atom stereocenters. The van der Waals surface area contributed by atoms with Crippen molar-refractivity contribution in [2.45, 2.75) is 19.0 Å². The lowest BCUT2D eigenvalue weighted by molar-refractivity contribution is 0.643. The molecule has 0 aliphatic carbocycles. The van der Waals surface area contributed by atoms with E-state index in [-0.39, 0.29) is 24.0 Å². The van der Waals surface area contributed by atoms with Gasteiger partial charge in [-0.3, -0.25) is 9.56 Å². The molecule has 1 saturated heterocycles. The molecule has 4 rings (SSSR count). The van der Waals surface area contributed by atoms with E-state index < -0.39 is 0 Å². The molecule has 30 heavy (non-hydrogen) atoms. The van der Waals surface area contributed by atoms with Crippen LogP contribution in [-0.4, -0.2) is 46.9 Å². The van der Waals surface area contributed by atoms with Crippen LogP contribution in [0.2, 0.25) is 5.02 Å². The minimum Gasteiger partial charge on any atom is -0.369 e. The number of halogens is 2. The summed E-state index contributed by atoms with van der Waals surface area (Å²) >= 11 is 6.13. The first-order chi connectivity index (χ1) is 14.2. The number of benzene rings is 2. The highest BCUT2D eigenvalue weighted by atomic mass is 127. The van der Waals surface area contributed by atoms with Crippen molar-refractivity contribution in [1.29, 1.82) is 0 Å². The molecule has 1 aromatic heterocycles. The first-order valence-electron chi connectivity index (χ1n) is 9.65. The quantitative estimate of drug-likeness (QED) is 0.296. The van der Waals surface area contributed by atoms with Crippen LogP contribution < -0.4 is 15.5 Å². The predicted molar refractivity (Wildman–Crippen MR) is 132 cm³/mol. The number of anilines is 1. The average molecular weight is 538 g/mol. The smallest absolute Gasteiger partial charge is 0.191 e. The van der Waals surface area contributed by atoms with Crippen LogP contribution in [0.1, 0.15) is 12.2 Å². The Kier molecular flexibility index (Phi) is 7.92. The molecule has 7 nitrogen and oxygen atoms in total. The first-order valence-corrected chi connectivity index (χ1v) is 10.0. The van der Waals surface area contributed by atoms with E-state index in [1.807, 2.05) is 53.1 Å². The molecule has 0 saturated carbocycles. The Labute approximate surface area is 198 Å². The fraction of sp³-hybridized carbons (Fsp3) is 0.286. The second-order valence-electron chi connectivity index (χ2n) is 6.93. The summed E-state index contributed by atoms with van der Waals surface area (Å²) in [7, 11) is 1.78. The van der Waals surface area contributed by atoms with Crippen LogP contribution in [0.4, 0.5) is 5.69 Å². The minimum atomic E-state index is 0. The number of rotatable bonds is 5. The summed E-state index contributed by atoms with van der Waals surface area (Å²) in [5.41, 5.74) is 2.19. The SMILES string of the molecule is CN=C(NCc1nncn1-c1ccccc1)NC1CCN(c2cccc(Cl)c2)C1.I. The number of aliphatic imine (C=N–C) groups is 1. The molecular weight excluding hydrogens is 513 g/mol. The highest BCUT2D eigenvalue weighted by Crippen LogP contribution is 2.23. The van der Waals surface area contributed by atoms with Crippen LogP contribution in [0.3, 0.4) is 0 Å². The fourth-order valence-electron chi connectivity index (χ4n) is 3.52. The summed E-state index contributed by atoms with van der Waals surface area (Å²) in [6.07, 6.45) is 2.76. The summed E-state index contributed by atoms with van der Waals surface area (Å²) in [6.45, 7) is 2.41. The van der Waals surface area contributed by atoms with E-state index >= 15 is 0 Å². The maximum Gasteiger partial charge on any atom is 0.191 e. The van der Waals surface area contributed by atoms with E-state index in [1.54, 1.807) is 13.4 Å². The molecule has 9 heteroatoms. The topological polar surface area (TPSA) is 70.4 Å². The maximum atomic E-state index is 6.13. The van der Waals surface area contributed by atoms with Crippen LogP contribution in [0.15, 0.2) is 65.9 Å². The van der Waals surface area contributed by atoms with Crippen molar-refractivity contribution in [3.63, 3.8) is 0 Å². The fourth-order valence-corrected chi connectivity index (χ4v) is 3.70. The van der Waals surface area contributed by atoms with Crippen LogP contribution in [0, 0.1) is 0 Å². The van der Waals surface area contributed by atoms with Crippen LogP contribution in [0.5, 0.6) is 0 Å². The van der Waals surface area contributed by atoms with Gasteiger partial charge in [0.15, 0.2) is 11.8 Å². The van der Waals surface area contributed by atoms with Crippen molar-refractivity contribution in [2.75, 3.05) is 25.0 Å². The normalized spacial score (nSPS) is 16.3. The standard InChI is InChI=1S/C21H24ClN7.HI/c1-23-21(24-13-20-27-25-15-29(20)18-7-3-2-4-8-18)26-17-10-11-28(14-17)19-9-5-6-16(22)12-19;/h2-9,12,15,17H,10-11,13-14H2,1H3,(H2,23,24,26);1H. The van der Waals surface area contributed by atoms with Gasteiger partial charge in [0.2, 0.25) is 0 Å². The van der Waals surface area contributed by atoms with Crippen LogP contribution >= 0.6 is 35.6 Å². The number of aromatic nitrogens is 3. The number of nitrogens with zero attached hydrogens (tertiary/aromatic N) is 5. The van der Waals surface area contributed by atoms with Crippen molar-refractivity contribution in [1.82, 2.24) is 25.4 Å². The zero-order chi connectivity index (χ0) is 20.1. The van der Waals surface area contributed by atoms with Crippen molar-refractivity contribution in [3.05, 3.63) is 71.8 Å². The van der Waals surface area contributed by atoms with Crippen molar-refractivity contribution in [2.24, 2.45) is 4.99 Å². The van der Waals surface area contributed by atoms with E-state index in [0.717, 1.165) is 47.7 Å². The first kappa shape index (κ1) is 22.4. The van der Waals surface area contributed by atoms with Gasteiger partial charge >= 0.3 is 0 Å². The summed E-state index contributed by atoms with van der Waals surface area (Å²) in [6, 6.07) is 18.4. The molecule has 3 aromatic rings. The van der Waals surface area contributed by atoms with E-state index in [0.29, 0.717) is 12.6 Å². The van der Waals surface area contributed by atoms with Crippen molar-refractivity contribution < 1.29 is 0 Å². The van der Waals surface area contributed by atoms with Gasteiger partial charge in [-0.1, -0.05) is 35.9 Å². The third-order valence-corrected chi connectivity index (χ3v) is 5.23. The molecule has 0 radical (unpaired) electrons. The van der Waals surface area contributed by atoms with Gasteiger partial charge in [-0.25, -0.2) is 0 Å². The minimum absolute atomic E-state index is 0. The highest BCUT2D eigenvalue weighted by molar-refractivity contribution is 14.0. The van der Waals surface area contributed by atoms with Gasteiger partial charge < -0.3 is 15.5 Å². The molecule has 1 fully saturated rings. The lowest BCUT2D eigenvalue weighted by atomic mass is 10.2. The predicted octanol–water partition coefficient (Wildman–Crippen LogP) is 3.48. The molecule has 0 spiro atoms. The lowest BCUT2D eigenvalue weighted by Gasteiger charge is -2.20. The lowest BCUT2D eigenvalue weighted by Crippen LogP contribution is -2.44. The summed E-state index contributed by atoms with van der Waals surface area (Å²) in [4.78, 5) is 6.70. The zero-order valence-electron chi connectivity index (χ0n) is 16.7. The molecule has 1 aliphatic rings. The molecule has 2 N–H and O–H groups in total. The van der Waals surface area contributed by atoms with Crippen molar-refractivity contribution >= 4 is 47.2 Å². The third kappa shape index (κ3) is 5.42.